The SMILES string of the molecule is COCCN(c1ccncc1CNC(C)C)C(C)COC. The van der Waals surface area contributed by atoms with Gasteiger partial charge in [-0.25, -0.2) is 0 Å². The Morgan fingerprint density at radius 1 is 1.24 bits per heavy atom. The number of anilines is 1. The van der Waals surface area contributed by atoms with Crippen LogP contribution < -0.4 is 10.2 Å². The Hall–Kier alpha value is -1.17. The second-order valence-electron chi connectivity index (χ2n) is 5.53. The summed E-state index contributed by atoms with van der Waals surface area (Å²) in [5, 5.41) is 3.45. The Bertz CT molecular complexity index is 399. The summed E-state index contributed by atoms with van der Waals surface area (Å²) in [5.41, 5.74) is 2.39. The van der Waals surface area contributed by atoms with Gasteiger partial charge in [0.2, 0.25) is 0 Å². The third kappa shape index (κ3) is 5.99. The Balaban J connectivity index is 2.93. The summed E-state index contributed by atoms with van der Waals surface area (Å²) < 4.78 is 10.6. The molecule has 21 heavy (non-hydrogen) atoms. The van der Waals surface area contributed by atoms with Gasteiger partial charge in [-0.15, -0.1) is 0 Å². The molecule has 1 rings (SSSR count). The highest BCUT2D eigenvalue weighted by Gasteiger charge is 2.17. The molecule has 1 unspecified atom stereocenters. The van der Waals surface area contributed by atoms with Gasteiger partial charge in [0, 0.05) is 63.0 Å². The smallest absolute Gasteiger partial charge is 0.0663 e. The number of methoxy groups -OCH3 is 2. The van der Waals surface area contributed by atoms with Crippen LogP contribution in [0.5, 0.6) is 0 Å². The van der Waals surface area contributed by atoms with Crippen molar-refractivity contribution >= 4 is 5.69 Å². The third-order valence-corrected chi connectivity index (χ3v) is 3.36. The Morgan fingerprint density at radius 2 is 2.00 bits per heavy atom. The molecule has 0 amide bonds. The van der Waals surface area contributed by atoms with E-state index in [1.54, 1.807) is 14.2 Å². The summed E-state index contributed by atoms with van der Waals surface area (Å²) >= 11 is 0. The second-order valence-corrected chi connectivity index (χ2v) is 5.53. The maximum atomic E-state index is 5.31. The van der Waals surface area contributed by atoms with Crippen LogP contribution in [0.25, 0.3) is 0 Å². The van der Waals surface area contributed by atoms with Gasteiger partial charge in [-0.1, -0.05) is 13.8 Å². The van der Waals surface area contributed by atoms with Gasteiger partial charge >= 0.3 is 0 Å². The van der Waals surface area contributed by atoms with Crippen molar-refractivity contribution in [3.05, 3.63) is 24.0 Å². The fraction of sp³-hybridized carbons (Fsp3) is 0.688. The number of rotatable bonds is 10. The molecule has 0 saturated carbocycles. The second kappa shape index (κ2) is 9.71. The van der Waals surface area contributed by atoms with E-state index in [2.05, 4.69) is 42.0 Å². The first-order chi connectivity index (χ1) is 10.1. The summed E-state index contributed by atoms with van der Waals surface area (Å²) in [7, 11) is 3.46. The van der Waals surface area contributed by atoms with E-state index >= 15 is 0 Å². The highest BCUT2D eigenvalue weighted by molar-refractivity contribution is 5.53. The normalized spacial score (nSPS) is 12.7. The summed E-state index contributed by atoms with van der Waals surface area (Å²) in [6, 6.07) is 2.80. The molecule has 0 aliphatic rings. The van der Waals surface area contributed by atoms with Crippen LogP contribution in [0.4, 0.5) is 5.69 Å². The van der Waals surface area contributed by atoms with Gasteiger partial charge in [-0.2, -0.15) is 0 Å². The lowest BCUT2D eigenvalue weighted by atomic mass is 10.1. The first kappa shape index (κ1) is 17.9. The zero-order chi connectivity index (χ0) is 15.7. The van der Waals surface area contributed by atoms with Gasteiger partial charge in [-0.05, 0) is 13.0 Å². The molecule has 1 aromatic heterocycles. The van der Waals surface area contributed by atoms with Crippen LogP contribution in [0.1, 0.15) is 26.3 Å². The quantitative estimate of drug-likeness (QED) is 0.716. The standard InChI is InChI=1S/C16H29N3O2/c1-13(2)18-11-15-10-17-7-6-16(15)19(8-9-20-4)14(3)12-21-5/h6-7,10,13-14,18H,8-9,11-12H2,1-5H3. The number of pyridine rings is 1. The fourth-order valence-electron chi connectivity index (χ4n) is 2.25. The number of ether oxygens (including phenoxy) is 2. The lowest BCUT2D eigenvalue weighted by Gasteiger charge is -2.32. The average molecular weight is 295 g/mol. The van der Waals surface area contributed by atoms with Crippen molar-refractivity contribution in [2.75, 3.05) is 38.9 Å². The first-order valence-corrected chi connectivity index (χ1v) is 7.51. The Kier molecular flexibility index (Phi) is 8.27. The molecule has 5 nitrogen and oxygen atoms in total. The molecule has 1 aromatic rings. The van der Waals surface area contributed by atoms with Crippen LogP contribution in [0.3, 0.4) is 0 Å². The molecule has 0 bridgehead atoms. The minimum Gasteiger partial charge on any atom is -0.383 e. The van der Waals surface area contributed by atoms with Crippen molar-refractivity contribution in [3.8, 4) is 0 Å². The predicted octanol–water partition coefficient (Wildman–Crippen LogP) is 2.07. The van der Waals surface area contributed by atoms with Gasteiger partial charge in [0.15, 0.2) is 0 Å². The summed E-state index contributed by atoms with van der Waals surface area (Å²) in [4.78, 5) is 6.59. The van der Waals surface area contributed by atoms with E-state index in [1.165, 1.54) is 11.3 Å². The number of hydrogen-bond acceptors (Lipinski definition) is 5. The van der Waals surface area contributed by atoms with Crippen molar-refractivity contribution in [1.29, 1.82) is 0 Å². The fourth-order valence-corrected chi connectivity index (χ4v) is 2.25. The topological polar surface area (TPSA) is 46.6 Å². The molecule has 0 aromatic carbocycles. The maximum Gasteiger partial charge on any atom is 0.0663 e. The Labute approximate surface area is 128 Å². The highest BCUT2D eigenvalue weighted by atomic mass is 16.5. The average Bonchev–Trinajstić information content (AvgIpc) is 2.46. The third-order valence-electron chi connectivity index (χ3n) is 3.36. The molecular formula is C16H29N3O2. The van der Waals surface area contributed by atoms with Crippen molar-refractivity contribution in [2.45, 2.75) is 39.4 Å². The lowest BCUT2D eigenvalue weighted by molar-refractivity contribution is 0.171. The number of nitrogens with zero attached hydrogens (tertiary/aromatic N) is 2. The van der Waals surface area contributed by atoms with Crippen molar-refractivity contribution in [2.24, 2.45) is 0 Å². The molecule has 0 fully saturated rings. The predicted molar refractivity (Wildman–Crippen MR) is 86.8 cm³/mol. The molecule has 1 atom stereocenters. The van der Waals surface area contributed by atoms with E-state index in [4.69, 9.17) is 9.47 Å². The largest absolute Gasteiger partial charge is 0.383 e. The van der Waals surface area contributed by atoms with E-state index in [1.807, 2.05) is 12.4 Å². The van der Waals surface area contributed by atoms with Gasteiger partial charge in [0.25, 0.3) is 0 Å². The molecule has 0 aliphatic heterocycles. The summed E-state index contributed by atoms with van der Waals surface area (Å²) in [6.07, 6.45) is 3.78. The molecular weight excluding hydrogens is 266 g/mol. The molecule has 0 aliphatic carbocycles. The van der Waals surface area contributed by atoms with Crippen LogP contribution in [0.15, 0.2) is 18.5 Å². The van der Waals surface area contributed by atoms with Crippen LogP contribution in [0.2, 0.25) is 0 Å². The van der Waals surface area contributed by atoms with Crippen molar-refractivity contribution in [3.63, 3.8) is 0 Å². The zero-order valence-corrected chi connectivity index (χ0v) is 13.9. The van der Waals surface area contributed by atoms with E-state index in [0.29, 0.717) is 19.3 Å². The minimum atomic E-state index is 0.283. The van der Waals surface area contributed by atoms with E-state index in [9.17, 15) is 0 Å². The molecule has 0 radical (unpaired) electrons. The molecule has 1 N–H and O–H groups in total. The number of hydrogen-bond donors (Lipinski definition) is 1. The van der Waals surface area contributed by atoms with Crippen LogP contribution >= 0.6 is 0 Å². The lowest BCUT2D eigenvalue weighted by Crippen LogP contribution is -2.39. The first-order valence-electron chi connectivity index (χ1n) is 7.51. The maximum absolute atomic E-state index is 5.31. The zero-order valence-electron chi connectivity index (χ0n) is 13.9. The summed E-state index contributed by atoms with van der Waals surface area (Å²) in [6.45, 7) is 9.47. The molecule has 0 saturated heterocycles. The summed E-state index contributed by atoms with van der Waals surface area (Å²) in [5.74, 6) is 0. The van der Waals surface area contributed by atoms with E-state index in [0.717, 1.165) is 13.1 Å². The monoisotopic (exact) mass is 295 g/mol. The number of nitrogens with one attached hydrogen (secondary N) is 1. The molecule has 0 spiro atoms. The number of aromatic nitrogens is 1. The molecule has 1 heterocycles. The van der Waals surface area contributed by atoms with Crippen LogP contribution in [-0.2, 0) is 16.0 Å². The van der Waals surface area contributed by atoms with Gasteiger partial charge in [0.05, 0.1) is 13.2 Å². The van der Waals surface area contributed by atoms with Crippen molar-refractivity contribution < 1.29 is 9.47 Å². The van der Waals surface area contributed by atoms with E-state index in [-0.39, 0.29) is 6.04 Å². The van der Waals surface area contributed by atoms with Gasteiger partial charge in [-0.3, -0.25) is 4.98 Å². The minimum absolute atomic E-state index is 0.283. The van der Waals surface area contributed by atoms with Gasteiger partial charge < -0.3 is 19.7 Å². The van der Waals surface area contributed by atoms with Crippen molar-refractivity contribution in [1.82, 2.24) is 10.3 Å². The molecule has 120 valence electrons. The van der Waals surface area contributed by atoms with E-state index < -0.39 is 0 Å². The Morgan fingerprint density at radius 3 is 2.62 bits per heavy atom. The van der Waals surface area contributed by atoms with Crippen LogP contribution in [-0.4, -0.2) is 51.0 Å². The van der Waals surface area contributed by atoms with Gasteiger partial charge in [0.1, 0.15) is 0 Å². The van der Waals surface area contributed by atoms with Crippen LogP contribution in [0, 0.1) is 0 Å². The highest BCUT2D eigenvalue weighted by Crippen LogP contribution is 2.22. The molecule has 5 heteroatoms.